The van der Waals surface area contributed by atoms with Crippen LogP contribution in [0.3, 0.4) is 0 Å². The summed E-state index contributed by atoms with van der Waals surface area (Å²) in [5.74, 6) is 0.351. The molecule has 0 unspecified atom stereocenters. The first kappa shape index (κ1) is 14.3. The summed E-state index contributed by atoms with van der Waals surface area (Å²) in [6.07, 6.45) is 4.04. The van der Waals surface area contributed by atoms with Gasteiger partial charge >= 0.3 is 0 Å². The van der Waals surface area contributed by atoms with Gasteiger partial charge in [-0.15, -0.1) is 0 Å². The Bertz CT molecular complexity index is 698. The molecule has 0 N–H and O–H groups in total. The highest BCUT2D eigenvalue weighted by molar-refractivity contribution is 6.30. The number of rotatable bonds is 4. The van der Waals surface area contributed by atoms with E-state index in [0.29, 0.717) is 23.2 Å². The quantitative estimate of drug-likeness (QED) is 0.591. The van der Waals surface area contributed by atoms with Crippen molar-refractivity contribution in [1.82, 2.24) is 0 Å². The standard InChI is InChI=1S/C16H12ClFO2/c1-10(12-4-5-14(17)15(18)8-12)3-6-16-11(2)7-13(9-19)20-16/h3-9H,1H2,2H3/b6-3-. The maximum absolute atomic E-state index is 13.4. The van der Waals surface area contributed by atoms with E-state index < -0.39 is 5.82 Å². The maximum Gasteiger partial charge on any atom is 0.185 e. The molecule has 102 valence electrons. The minimum atomic E-state index is -0.490. The van der Waals surface area contributed by atoms with Crippen LogP contribution < -0.4 is 0 Å². The smallest absolute Gasteiger partial charge is 0.185 e. The van der Waals surface area contributed by atoms with Gasteiger partial charge in [-0.25, -0.2) is 4.39 Å². The molecule has 0 saturated carbocycles. The molecule has 2 aromatic rings. The first-order valence-electron chi connectivity index (χ1n) is 5.89. The molecule has 0 spiro atoms. The predicted molar refractivity (Wildman–Crippen MR) is 78.3 cm³/mol. The highest BCUT2D eigenvalue weighted by Crippen LogP contribution is 2.22. The Hall–Kier alpha value is -2.13. The molecule has 4 heteroatoms. The third-order valence-corrected chi connectivity index (χ3v) is 3.12. The molecule has 2 nitrogen and oxygen atoms in total. The lowest BCUT2D eigenvalue weighted by Crippen LogP contribution is -1.83. The van der Waals surface area contributed by atoms with Gasteiger partial charge in [-0.2, -0.15) is 0 Å². The molecule has 2 rings (SSSR count). The summed E-state index contributed by atoms with van der Waals surface area (Å²) in [7, 11) is 0. The number of furan rings is 1. The number of halogens is 2. The SMILES string of the molecule is C=C(/C=C\c1oc(C=O)cc1C)c1ccc(Cl)c(F)c1. The molecule has 0 aliphatic carbocycles. The van der Waals surface area contributed by atoms with E-state index in [0.717, 1.165) is 5.56 Å². The highest BCUT2D eigenvalue weighted by atomic mass is 35.5. The number of benzene rings is 1. The topological polar surface area (TPSA) is 30.2 Å². The summed E-state index contributed by atoms with van der Waals surface area (Å²) >= 11 is 5.63. The van der Waals surface area contributed by atoms with Gasteiger partial charge in [0.1, 0.15) is 11.6 Å². The Morgan fingerprint density at radius 1 is 1.40 bits per heavy atom. The van der Waals surface area contributed by atoms with E-state index in [2.05, 4.69) is 6.58 Å². The fourth-order valence-electron chi connectivity index (χ4n) is 1.71. The van der Waals surface area contributed by atoms with Gasteiger partial charge in [0, 0.05) is 0 Å². The monoisotopic (exact) mass is 290 g/mol. The van der Waals surface area contributed by atoms with Crippen LogP contribution in [-0.2, 0) is 0 Å². The number of hydrogen-bond donors (Lipinski definition) is 0. The van der Waals surface area contributed by atoms with E-state index in [1.54, 1.807) is 24.3 Å². The molecule has 0 radical (unpaired) electrons. The van der Waals surface area contributed by atoms with Crippen LogP contribution in [0.15, 0.2) is 41.3 Å². The summed E-state index contributed by atoms with van der Waals surface area (Å²) in [6, 6.07) is 6.13. The Morgan fingerprint density at radius 2 is 2.15 bits per heavy atom. The lowest BCUT2D eigenvalue weighted by molar-refractivity contribution is 0.110. The van der Waals surface area contributed by atoms with Gasteiger partial charge < -0.3 is 4.42 Å². The van der Waals surface area contributed by atoms with Crippen molar-refractivity contribution in [3.63, 3.8) is 0 Å². The van der Waals surface area contributed by atoms with Gasteiger partial charge in [-0.05, 0) is 47.9 Å². The molecule has 20 heavy (non-hydrogen) atoms. The number of hydrogen-bond acceptors (Lipinski definition) is 2. The first-order chi connectivity index (χ1) is 9.51. The van der Waals surface area contributed by atoms with E-state index in [1.165, 1.54) is 12.1 Å². The van der Waals surface area contributed by atoms with Crippen molar-refractivity contribution < 1.29 is 13.6 Å². The average molecular weight is 291 g/mol. The highest BCUT2D eigenvalue weighted by Gasteiger charge is 2.05. The largest absolute Gasteiger partial charge is 0.454 e. The van der Waals surface area contributed by atoms with Crippen LogP contribution in [0.1, 0.15) is 27.4 Å². The summed E-state index contributed by atoms with van der Waals surface area (Å²) in [6.45, 7) is 5.69. The average Bonchev–Trinajstić information content (AvgIpc) is 2.79. The van der Waals surface area contributed by atoms with Crippen molar-refractivity contribution in [1.29, 1.82) is 0 Å². The second-order valence-corrected chi connectivity index (χ2v) is 4.71. The van der Waals surface area contributed by atoms with E-state index in [4.69, 9.17) is 16.0 Å². The van der Waals surface area contributed by atoms with Gasteiger partial charge in [-0.3, -0.25) is 4.79 Å². The van der Waals surface area contributed by atoms with Crippen molar-refractivity contribution >= 4 is 29.5 Å². The number of carbonyl (C=O) groups excluding carboxylic acids is 1. The second-order valence-electron chi connectivity index (χ2n) is 4.30. The van der Waals surface area contributed by atoms with Crippen LogP contribution in [0.25, 0.3) is 11.6 Å². The van der Waals surface area contributed by atoms with Crippen molar-refractivity contribution in [2.45, 2.75) is 6.92 Å². The molecule has 0 atom stereocenters. The van der Waals surface area contributed by atoms with Gasteiger partial charge in [0.15, 0.2) is 12.0 Å². The molecule has 0 aliphatic rings. The van der Waals surface area contributed by atoms with Crippen molar-refractivity contribution in [2.75, 3.05) is 0 Å². The molecule has 0 bridgehead atoms. The Labute approximate surface area is 121 Å². The maximum atomic E-state index is 13.4. The minimum absolute atomic E-state index is 0.0723. The van der Waals surface area contributed by atoms with Crippen molar-refractivity contribution in [3.8, 4) is 0 Å². The molecular formula is C16H12ClFO2. The fourth-order valence-corrected chi connectivity index (χ4v) is 1.83. The first-order valence-corrected chi connectivity index (χ1v) is 6.27. The number of aryl methyl sites for hydroxylation is 1. The zero-order valence-corrected chi connectivity index (χ0v) is 11.6. The van der Waals surface area contributed by atoms with Crippen molar-refractivity contribution in [3.05, 3.63) is 70.4 Å². The van der Waals surface area contributed by atoms with Gasteiger partial charge in [0.05, 0.1) is 5.02 Å². The van der Waals surface area contributed by atoms with Crippen LogP contribution in [0, 0.1) is 12.7 Å². The molecular weight excluding hydrogens is 279 g/mol. The van der Waals surface area contributed by atoms with Gasteiger partial charge in [-0.1, -0.05) is 30.3 Å². The summed E-state index contributed by atoms with van der Waals surface area (Å²) in [5.41, 5.74) is 2.09. The minimum Gasteiger partial charge on any atom is -0.454 e. The Balaban J connectivity index is 2.21. The molecule has 0 fully saturated rings. The number of carbonyl (C=O) groups is 1. The predicted octanol–water partition coefficient (Wildman–Crippen LogP) is 4.92. The number of allylic oxidation sites excluding steroid dienone is 2. The second kappa shape index (κ2) is 5.88. The normalized spacial score (nSPS) is 10.9. The Kier molecular flexibility index (Phi) is 4.20. The van der Waals surface area contributed by atoms with Crippen LogP contribution in [0.2, 0.25) is 5.02 Å². The van der Waals surface area contributed by atoms with Crippen LogP contribution in [0.5, 0.6) is 0 Å². The van der Waals surface area contributed by atoms with E-state index in [-0.39, 0.29) is 10.8 Å². The third-order valence-electron chi connectivity index (χ3n) is 2.82. The molecule has 0 aliphatic heterocycles. The molecule has 0 saturated heterocycles. The summed E-state index contributed by atoms with van der Waals surface area (Å²) in [5, 5.41) is 0.0723. The molecule has 1 aromatic carbocycles. The zero-order valence-electron chi connectivity index (χ0n) is 10.8. The summed E-state index contributed by atoms with van der Waals surface area (Å²) < 4.78 is 18.7. The third kappa shape index (κ3) is 3.06. The summed E-state index contributed by atoms with van der Waals surface area (Å²) in [4.78, 5) is 10.6. The van der Waals surface area contributed by atoms with E-state index in [9.17, 15) is 9.18 Å². The van der Waals surface area contributed by atoms with Gasteiger partial charge in [0.2, 0.25) is 0 Å². The number of aldehydes is 1. The van der Waals surface area contributed by atoms with Crippen molar-refractivity contribution in [2.24, 2.45) is 0 Å². The van der Waals surface area contributed by atoms with Gasteiger partial charge in [0.25, 0.3) is 0 Å². The van der Waals surface area contributed by atoms with Crippen LogP contribution in [0.4, 0.5) is 4.39 Å². The van der Waals surface area contributed by atoms with E-state index >= 15 is 0 Å². The Morgan fingerprint density at radius 3 is 2.75 bits per heavy atom. The molecule has 1 heterocycles. The zero-order chi connectivity index (χ0) is 14.7. The lowest BCUT2D eigenvalue weighted by atomic mass is 10.1. The fraction of sp³-hybridized carbons (Fsp3) is 0.0625. The molecule has 0 amide bonds. The lowest BCUT2D eigenvalue weighted by Gasteiger charge is -2.01. The molecule has 1 aromatic heterocycles. The van der Waals surface area contributed by atoms with E-state index in [1.807, 2.05) is 6.92 Å². The van der Waals surface area contributed by atoms with Crippen LogP contribution >= 0.6 is 11.6 Å². The van der Waals surface area contributed by atoms with Crippen LogP contribution in [-0.4, -0.2) is 6.29 Å².